The van der Waals surface area contributed by atoms with Crippen LogP contribution in [0.15, 0.2) is 35.7 Å². The third-order valence-corrected chi connectivity index (χ3v) is 4.32. The summed E-state index contributed by atoms with van der Waals surface area (Å²) in [6, 6.07) is 5.39. The minimum Gasteiger partial charge on any atom is -0.465 e. The van der Waals surface area contributed by atoms with E-state index in [-0.39, 0.29) is 12.5 Å². The predicted molar refractivity (Wildman–Crippen MR) is 90.5 cm³/mol. The Balaban J connectivity index is 2.47. The van der Waals surface area contributed by atoms with E-state index in [0.29, 0.717) is 23.2 Å². The Morgan fingerprint density at radius 3 is 2.90 bits per heavy atom. The lowest BCUT2D eigenvalue weighted by Gasteiger charge is -2.19. The Morgan fingerprint density at radius 1 is 1.48 bits per heavy atom. The lowest BCUT2D eigenvalue weighted by molar-refractivity contribution is -0.144. The van der Waals surface area contributed by atoms with E-state index in [4.69, 9.17) is 27.9 Å². The molecule has 0 amide bonds. The Labute approximate surface area is 140 Å². The van der Waals surface area contributed by atoms with Crippen molar-refractivity contribution in [2.45, 2.75) is 11.8 Å². The summed E-state index contributed by atoms with van der Waals surface area (Å²) in [6.07, 6.45) is 1.77. The molecule has 3 nitrogen and oxygen atoms in total. The molecule has 21 heavy (non-hydrogen) atoms. The third kappa shape index (κ3) is 7.23. The summed E-state index contributed by atoms with van der Waals surface area (Å²) in [5, 5.41) is 1.35. The molecule has 0 heterocycles. The van der Waals surface area contributed by atoms with E-state index >= 15 is 0 Å². The van der Waals surface area contributed by atoms with Gasteiger partial charge in [-0.05, 0) is 25.1 Å². The fourth-order valence-electron chi connectivity index (χ4n) is 1.68. The molecule has 1 aromatic carbocycles. The second kappa shape index (κ2) is 10.1. The van der Waals surface area contributed by atoms with Crippen LogP contribution >= 0.6 is 35.0 Å². The molecule has 0 aliphatic heterocycles. The molecule has 0 fully saturated rings. The number of rotatable bonds is 9. The monoisotopic (exact) mass is 347 g/mol. The largest absolute Gasteiger partial charge is 0.465 e. The summed E-state index contributed by atoms with van der Waals surface area (Å²) in [7, 11) is 0. The Bertz CT molecular complexity index is 483. The first-order valence-corrected chi connectivity index (χ1v) is 8.37. The SMILES string of the molecule is C=CCN(CCSc1cc(Cl)ccc1Cl)CC(=O)OCC. The minimum absolute atomic E-state index is 0.217. The van der Waals surface area contributed by atoms with E-state index in [1.165, 1.54) is 0 Å². The van der Waals surface area contributed by atoms with Gasteiger partial charge >= 0.3 is 5.97 Å². The van der Waals surface area contributed by atoms with Crippen molar-refractivity contribution in [3.05, 3.63) is 40.9 Å². The van der Waals surface area contributed by atoms with Crippen LogP contribution in [0.5, 0.6) is 0 Å². The van der Waals surface area contributed by atoms with Crippen molar-refractivity contribution >= 4 is 40.9 Å². The van der Waals surface area contributed by atoms with Crippen LogP contribution in [0.3, 0.4) is 0 Å². The van der Waals surface area contributed by atoms with Gasteiger partial charge in [-0.1, -0.05) is 29.3 Å². The Morgan fingerprint density at radius 2 is 2.24 bits per heavy atom. The maximum absolute atomic E-state index is 11.5. The molecule has 0 saturated heterocycles. The fraction of sp³-hybridized carbons (Fsp3) is 0.400. The molecule has 0 spiro atoms. The number of esters is 1. The molecule has 0 aliphatic carbocycles. The van der Waals surface area contributed by atoms with Gasteiger partial charge in [0.2, 0.25) is 0 Å². The minimum atomic E-state index is -0.217. The molecule has 0 aliphatic rings. The van der Waals surface area contributed by atoms with Crippen LogP contribution in [0, 0.1) is 0 Å². The first-order valence-electron chi connectivity index (χ1n) is 6.63. The number of nitrogens with zero attached hydrogens (tertiary/aromatic N) is 1. The average Bonchev–Trinajstić information content (AvgIpc) is 2.43. The van der Waals surface area contributed by atoms with Crippen LogP contribution < -0.4 is 0 Å². The number of halogens is 2. The molecule has 1 aromatic rings. The van der Waals surface area contributed by atoms with Gasteiger partial charge in [0, 0.05) is 28.8 Å². The second-order valence-electron chi connectivity index (χ2n) is 4.25. The van der Waals surface area contributed by atoms with Crippen molar-refractivity contribution in [2.24, 2.45) is 0 Å². The lowest BCUT2D eigenvalue weighted by Crippen LogP contribution is -2.33. The molecule has 0 aromatic heterocycles. The molecule has 0 unspecified atom stereocenters. The van der Waals surface area contributed by atoms with Gasteiger partial charge in [-0.15, -0.1) is 18.3 Å². The summed E-state index contributed by atoms with van der Waals surface area (Å²) in [5.74, 6) is 0.581. The normalized spacial score (nSPS) is 10.7. The Kier molecular flexibility index (Phi) is 8.85. The predicted octanol–water partition coefficient (Wildman–Crippen LogP) is 4.14. The van der Waals surface area contributed by atoms with E-state index in [2.05, 4.69) is 6.58 Å². The van der Waals surface area contributed by atoms with Gasteiger partial charge in [-0.25, -0.2) is 0 Å². The average molecular weight is 348 g/mol. The summed E-state index contributed by atoms with van der Waals surface area (Å²) >= 11 is 13.7. The van der Waals surface area contributed by atoms with Gasteiger partial charge in [0.25, 0.3) is 0 Å². The van der Waals surface area contributed by atoms with Gasteiger partial charge in [0.15, 0.2) is 0 Å². The van der Waals surface area contributed by atoms with Crippen LogP contribution in [0.4, 0.5) is 0 Å². The molecular weight excluding hydrogens is 329 g/mol. The van der Waals surface area contributed by atoms with Crippen molar-refractivity contribution in [3.8, 4) is 0 Å². The number of hydrogen-bond acceptors (Lipinski definition) is 4. The number of benzene rings is 1. The van der Waals surface area contributed by atoms with Crippen molar-refractivity contribution in [2.75, 3.05) is 32.0 Å². The summed E-state index contributed by atoms with van der Waals surface area (Å²) in [4.78, 5) is 14.4. The molecule has 0 atom stereocenters. The van der Waals surface area contributed by atoms with Gasteiger partial charge < -0.3 is 4.74 Å². The maximum Gasteiger partial charge on any atom is 0.320 e. The highest BCUT2D eigenvalue weighted by molar-refractivity contribution is 7.99. The van der Waals surface area contributed by atoms with Gasteiger partial charge in [0.05, 0.1) is 18.2 Å². The van der Waals surface area contributed by atoms with Crippen molar-refractivity contribution in [1.82, 2.24) is 4.90 Å². The van der Waals surface area contributed by atoms with Crippen molar-refractivity contribution < 1.29 is 9.53 Å². The van der Waals surface area contributed by atoms with Crippen LogP contribution in [0.25, 0.3) is 0 Å². The number of thioether (sulfide) groups is 1. The number of hydrogen-bond donors (Lipinski definition) is 0. The first kappa shape index (κ1) is 18.4. The van der Waals surface area contributed by atoms with Crippen LogP contribution in [0.1, 0.15) is 6.92 Å². The zero-order valence-electron chi connectivity index (χ0n) is 12.0. The highest BCUT2D eigenvalue weighted by Gasteiger charge is 2.10. The zero-order chi connectivity index (χ0) is 15.7. The molecule has 1 rings (SSSR count). The first-order chi connectivity index (χ1) is 10.1. The quantitative estimate of drug-likeness (QED) is 0.381. The molecule has 116 valence electrons. The topological polar surface area (TPSA) is 29.5 Å². The third-order valence-electron chi connectivity index (χ3n) is 2.60. The smallest absolute Gasteiger partial charge is 0.320 e. The summed E-state index contributed by atoms with van der Waals surface area (Å²) in [5.41, 5.74) is 0. The highest BCUT2D eigenvalue weighted by atomic mass is 35.5. The standard InChI is InChI=1S/C15H19Cl2NO2S/c1-3-7-18(11-15(19)20-4-2)8-9-21-14-10-12(16)5-6-13(14)17/h3,5-6,10H,1,4,7-9,11H2,2H3. The van der Waals surface area contributed by atoms with E-state index in [9.17, 15) is 4.79 Å². The molecule has 0 radical (unpaired) electrons. The zero-order valence-corrected chi connectivity index (χ0v) is 14.3. The van der Waals surface area contributed by atoms with Gasteiger partial charge in [-0.2, -0.15) is 0 Å². The number of carbonyl (C=O) groups excluding carboxylic acids is 1. The fourth-order valence-corrected chi connectivity index (χ4v) is 3.18. The van der Waals surface area contributed by atoms with E-state index in [1.54, 1.807) is 36.9 Å². The van der Waals surface area contributed by atoms with E-state index in [1.807, 2.05) is 11.0 Å². The van der Waals surface area contributed by atoms with Crippen molar-refractivity contribution in [1.29, 1.82) is 0 Å². The Hall–Kier alpha value is -0.680. The lowest BCUT2D eigenvalue weighted by atomic mass is 10.4. The maximum atomic E-state index is 11.5. The summed E-state index contributed by atoms with van der Waals surface area (Å²) < 4.78 is 4.96. The molecule has 0 bridgehead atoms. The van der Waals surface area contributed by atoms with Gasteiger partial charge in [-0.3, -0.25) is 9.69 Å². The van der Waals surface area contributed by atoms with Crippen LogP contribution in [0.2, 0.25) is 10.0 Å². The van der Waals surface area contributed by atoms with Gasteiger partial charge in [0.1, 0.15) is 0 Å². The number of ether oxygens (including phenoxy) is 1. The molecule has 0 saturated carbocycles. The summed E-state index contributed by atoms with van der Waals surface area (Å²) in [6.45, 7) is 7.54. The van der Waals surface area contributed by atoms with Crippen molar-refractivity contribution in [3.63, 3.8) is 0 Å². The molecular formula is C15H19Cl2NO2S. The van der Waals surface area contributed by atoms with E-state index < -0.39 is 0 Å². The second-order valence-corrected chi connectivity index (χ2v) is 6.23. The molecule has 0 N–H and O–H groups in total. The number of carbonyl (C=O) groups is 1. The van der Waals surface area contributed by atoms with Crippen LogP contribution in [-0.2, 0) is 9.53 Å². The molecule has 6 heteroatoms. The van der Waals surface area contributed by atoms with Crippen LogP contribution in [-0.4, -0.2) is 42.9 Å². The van der Waals surface area contributed by atoms with E-state index in [0.717, 1.165) is 17.2 Å². The highest BCUT2D eigenvalue weighted by Crippen LogP contribution is 2.29.